The molecule has 0 amide bonds. The van der Waals surface area contributed by atoms with Crippen LogP contribution in [0.1, 0.15) is 69.1 Å². The van der Waals surface area contributed by atoms with Gasteiger partial charge in [0.2, 0.25) is 0 Å². The van der Waals surface area contributed by atoms with Crippen LogP contribution in [0.25, 0.3) is 0 Å². The molecule has 0 radical (unpaired) electrons. The first-order chi connectivity index (χ1) is 14.4. The summed E-state index contributed by atoms with van der Waals surface area (Å²) in [5.74, 6) is 2.38. The molecule has 3 unspecified atom stereocenters. The van der Waals surface area contributed by atoms with Gasteiger partial charge in [0.25, 0.3) is 0 Å². The molecule has 4 aliphatic rings. The number of allylic oxidation sites excluding steroid dienone is 1. The minimum atomic E-state index is -0.918. The highest BCUT2D eigenvalue weighted by atomic mass is 16.5. The van der Waals surface area contributed by atoms with Crippen LogP contribution >= 0.6 is 0 Å². The van der Waals surface area contributed by atoms with Gasteiger partial charge in [-0.15, -0.1) is 0 Å². The van der Waals surface area contributed by atoms with Gasteiger partial charge in [-0.1, -0.05) is 19.9 Å². The van der Waals surface area contributed by atoms with E-state index in [4.69, 9.17) is 4.74 Å². The maximum atomic E-state index is 13.3. The average molecular weight is 410 g/mol. The molecule has 1 aromatic carbocycles. The van der Waals surface area contributed by atoms with Gasteiger partial charge in [0.1, 0.15) is 5.75 Å². The van der Waals surface area contributed by atoms with E-state index >= 15 is 0 Å². The molecular formula is C26H35NO3. The second-order valence-electron chi connectivity index (χ2n) is 10.6. The molecule has 1 heterocycles. The van der Waals surface area contributed by atoms with Gasteiger partial charge in [0.15, 0.2) is 5.78 Å². The van der Waals surface area contributed by atoms with Crippen LogP contribution < -0.4 is 10.1 Å². The molecular weight excluding hydrogens is 374 g/mol. The van der Waals surface area contributed by atoms with Crippen molar-refractivity contribution in [3.8, 4) is 5.75 Å². The number of nitrogens with one attached hydrogen (secondary N) is 1. The third-order valence-corrected chi connectivity index (χ3v) is 8.14. The van der Waals surface area contributed by atoms with Gasteiger partial charge in [-0.05, 0) is 91.3 Å². The Labute approximate surface area is 180 Å². The number of benzene rings is 1. The van der Waals surface area contributed by atoms with Crippen LogP contribution in [0.5, 0.6) is 5.75 Å². The lowest BCUT2D eigenvalue weighted by Gasteiger charge is -2.61. The number of ketones is 1. The van der Waals surface area contributed by atoms with Crippen molar-refractivity contribution in [1.29, 1.82) is 0 Å². The van der Waals surface area contributed by atoms with Gasteiger partial charge in [-0.3, -0.25) is 4.79 Å². The topological polar surface area (TPSA) is 58.6 Å². The highest BCUT2D eigenvalue weighted by Gasteiger charge is 2.64. The van der Waals surface area contributed by atoms with Crippen molar-refractivity contribution >= 4 is 5.78 Å². The van der Waals surface area contributed by atoms with Crippen molar-refractivity contribution in [2.75, 3.05) is 13.7 Å². The molecule has 3 atom stereocenters. The SMILES string of the molecule is COc1cc(CC2CC2)c2c(c1)C13CCNC(C2)C1(O)CC(=CCC(C)C)C(=O)C3. The van der Waals surface area contributed by atoms with Crippen molar-refractivity contribution in [3.63, 3.8) is 0 Å². The Bertz CT molecular complexity index is 900. The van der Waals surface area contributed by atoms with Crippen molar-refractivity contribution < 1.29 is 14.6 Å². The molecule has 3 aliphatic carbocycles. The van der Waals surface area contributed by atoms with Crippen molar-refractivity contribution in [2.24, 2.45) is 11.8 Å². The minimum Gasteiger partial charge on any atom is -0.497 e. The fourth-order valence-electron chi connectivity index (χ4n) is 6.27. The summed E-state index contributed by atoms with van der Waals surface area (Å²) in [5, 5.41) is 15.8. The van der Waals surface area contributed by atoms with Crippen molar-refractivity contribution in [1.82, 2.24) is 5.32 Å². The Morgan fingerprint density at radius 3 is 2.80 bits per heavy atom. The predicted molar refractivity (Wildman–Crippen MR) is 118 cm³/mol. The van der Waals surface area contributed by atoms with E-state index in [1.807, 2.05) is 0 Å². The van der Waals surface area contributed by atoms with Gasteiger partial charge in [-0.25, -0.2) is 0 Å². The molecule has 162 valence electrons. The van der Waals surface area contributed by atoms with E-state index in [2.05, 4.69) is 37.4 Å². The number of carbonyl (C=O) groups excluding carboxylic acids is 1. The number of carbonyl (C=O) groups is 1. The Morgan fingerprint density at radius 2 is 2.10 bits per heavy atom. The normalized spacial score (nSPS) is 34.1. The molecule has 2 bridgehead atoms. The number of hydrogen-bond donors (Lipinski definition) is 2. The molecule has 1 saturated heterocycles. The molecule has 1 aromatic rings. The van der Waals surface area contributed by atoms with Crippen molar-refractivity contribution in [2.45, 2.75) is 82.3 Å². The molecule has 5 rings (SSSR count). The monoisotopic (exact) mass is 409 g/mol. The molecule has 0 aromatic heterocycles. The summed E-state index contributed by atoms with van der Waals surface area (Å²) in [5.41, 5.74) is 3.34. The third kappa shape index (κ3) is 3.06. The van der Waals surface area contributed by atoms with Gasteiger partial charge in [0, 0.05) is 24.3 Å². The van der Waals surface area contributed by atoms with Gasteiger partial charge in [-0.2, -0.15) is 0 Å². The molecule has 4 nitrogen and oxygen atoms in total. The number of hydrogen-bond acceptors (Lipinski definition) is 4. The Balaban J connectivity index is 1.63. The smallest absolute Gasteiger partial charge is 0.159 e. The standard InChI is InChI=1S/C26H35NO3/c1-16(2)4-7-18-14-26(29)24-13-21-19(10-17-5-6-17)11-20(30-3)12-22(21)25(26,8-9-27-24)15-23(18)28/h7,11-12,16-17,24,27,29H,4-6,8-10,13-15H2,1-3H3. The number of methoxy groups -OCH3 is 1. The summed E-state index contributed by atoms with van der Waals surface area (Å²) < 4.78 is 5.69. The van der Waals surface area contributed by atoms with E-state index < -0.39 is 11.0 Å². The summed E-state index contributed by atoms with van der Waals surface area (Å²) >= 11 is 0. The summed E-state index contributed by atoms with van der Waals surface area (Å²) in [6.07, 6.45) is 9.20. The second-order valence-corrected chi connectivity index (χ2v) is 10.6. The lowest BCUT2D eigenvalue weighted by molar-refractivity contribution is -0.140. The van der Waals surface area contributed by atoms with Gasteiger partial charge >= 0.3 is 0 Å². The first kappa shape index (κ1) is 20.3. The van der Waals surface area contributed by atoms with E-state index in [-0.39, 0.29) is 11.8 Å². The van der Waals surface area contributed by atoms with E-state index in [1.165, 1.54) is 29.5 Å². The number of fused-ring (bicyclic) bond motifs is 1. The second kappa shape index (κ2) is 7.20. The average Bonchev–Trinajstić information content (AvgIpc) is 3.51. The maximum absolute atomic E-state index is 13.3. The number of rotatable bonds is 5. The van der Waals surface area contributed by atoms with Crippen LogP contribution in [0, 0.1) is 11.8 Å². The summed E-state index contributed by atoms with van der Waals surface area (Å²) in [6, 6.07) is 4.33. The fourth-order valence-corrected chi connectivity index (χ4v) is 6.27. The molecule has 1 aliphatic heterocycles. The van der Waals surface area contributed by atoms with Gasteiger partial charge in [0.05, 0.1) is 12.7 Å². The highest BCUT2D eigenvalue weighted by molar-refractivity contribution is 5.98. The largest absolute Gasteiger partial charge is 0.497 e. The summed E-state index contributed by atoms with van der Waals surface area (Å²) in [6.45, 7) is 5.18. The molecule has 3 fully saturated rings. The zero-order valence-electron chi connectivity index (χ0n) is 18.6. The first-order valence-corrected chi connectivity index (χ1v) is 11.7. The quantitative estimate of drug-likeness (QED) is 0.725. The number of aliphatic hydroxyl groups is 1. The fraction of sp³-hybridized carbons (Fsp3) is 0.654. The van der Waals surface area contributed by atoms with Gasteiger partial charge < -0.3 is 15.2 Å². The number of ether oxygens (including phenoxy) is 1. The van der Waals surface area contributed by atoms with E-state index in [0.29, 0.717) is 18.8 Å². The maximum Gasteiger partial charge on any atom is 0.159 e. The van der Waals surface area contributed by atoms with E-state index in [9.17, 15) is 9.90 Å². The molecule has 0 spiro atoms. The predicted octanol–water partition coefficient (Wildman–Crippen LogP) is 3.87. The Morgan fingerprint density at radius 1 is 1.30 bits per heavy atom. The van der Waals surface area contributed by atoms with Crippen LogP contribution in [0.3, 0.4) is 0 Å². The Hall–Kier alpha value is -1.65. The number of Topliss-reactive ketones (excluding diaryl/α,β-unsaturated/α-hetero) is 1. The lowest BCUT2D eigenvalue weighted by Crippen LogP contribution is -2.73. The van der Waals surface area contributed by atoms with Crippen LogP contribution in [0.4, 0.5) is 0 Å². The zero-order valence-corrected chi connectivity index (χ0v) is 18.6. The molecule has 2 saturated carbocycles. The van der Waals surface area contributed by atoms with E-state index in [0.717, 1.165) is 49.5 Å². The third-order valence-electron chi connectivity index (χ3n) is 8.14. The lowest BCUT2D eigenvalue weighted by atomic mass is 9.48. The molecule has 2 N–H and O–H groups in total. The van der Waals surface area contributed by atoms with E-state index in [1.54, 1.807) is 7.11 Å². The molecule has 30 heavy (non-hydrogen) atoms. The van der Waals surface area contributed by atoms with Crippen LogP contribution in [-0.4, -0.2) is 36.2 Å². The van der Waals surface area contributed by atoms with Crippen LogP contribution in [-0.2, 0) is 23.1 Å². The van der Waals surface area contributed by atoms with Crippen LogP contribution in [0.2, 0.25) is 0 Å². The summed E-state index contributed by atoms with van der Waals surface area (Å²) in [4.78, 5) is 13.3. The number of piperidine rings is 1. The van der Waals surface area contributed by atoms with Crippen LogP contribution in [0.15, 0.2) is 23.8 Å². The Kier molecular flexibility index (Phi) is 4.86. The minimum absolute atomic E-state index is 0.000600. The molecule has 4 heteroatoms. The van der Waals surface area contributed by atoms with Crippen molar-refractivity contribution in [3.05, 3.63) is 40.5 Å². The zero-order chi connectivity index (χ0) is 21.1. The first-order valence-electron chi connectivity index (χ1n) is 11.7. The highest BCUT2D eigenvalue weighted by Crippen LogP contribution is 2.57. The summed E-state index contributed by atoms with van der Waals surface area (Å²) in [7, 11) is 1.72.